The molecule has 18 heavy (non-hydrogen) atoms. The van der Waals surface area contributed by atoms with Crippen molar-refractivity contribution in [2.45, 2.75) is 38.6 Å². The van der Waals surface area contributed by atoms with Gasteiger partial charge in [-0.1, -0.05) is 6.92 Å². The molecule has 2 aromatic heterocycles. The lowest BCUT2D eigenvalue weighted by molar-refractivity contribution is 0.456. The molecule has 4 heteroatoms. The molecule has 0 spiro atoms. The van der Waals surface area contributed by atoms with E-state index in [1.165, 1.54) is 25.0 Å². The number of rotatable bonds is 6. The Hall–Kier alpha value is -1.42. The van der Waals surface area contributed by atoms with Crippen LogP contribution in [0.15, 0.2) is 24.5 Å². The predicted octanol–water partition coefficient (Wildman–Crippen LogP) is 2.05. The monoisotopic (exact) mass is 244 g/mol. The molecule has 2 heterocycles. The van der Waals surface area contributed by atoms with Crippen molar-refractivity contribution < 1.29 is 0 Å². The van der Waals surface area contributed by atoms with Crippen LogP contribution < -0.4 is 5.32 Å². The number of hydrogen-bond acceptors (Lipinski definition) is 3. The zero-order valence-electron chi connectivity index (χ0n) is 10.8. The Bertz CT molecular complexity index is 515. The van der Waals surface area contributed by atoms with Crippen molar-refractivity contribution >= 4 is 5.65 Å². The van der Waals surface area contributed by atoms with E-state index < -0.39 is 0 Å². The van der Waals surface area contributed by atoms with Gasteiger partial charge in [-0.15, -0.1) is 0 Å². The molecule has 0 bridgehead atoms. The van der Waals surface area contributed by atoms with Gasteiger partial charge in [0, 0.05) is 30.4 Å². The van der Waals surface area contributed by atoms with Crippen molar-refractivity contribution in [2.24, 2.45) is 5.92 Å². The van der Waals surface area contributed by atoms with Crippen molar-refractivity contribution in [2.75, 3.05) is 6.54 Å². The van der Waals surface area contributed by atoms with E-state index in [0.717, 1.165) is 24.5 Å². The molecule has 0 radical (unpaired) electrons. The van der Waals surface area contributed by atoms with Crippen LogP contribution in [0.3, 0.4) is 0 Å². The first-order chi connectivity index (χ1) is 8.86. The Labute approximate surface area is 107 Å². The van der Waals surface area contributed by atoms with Crippen molar-refractivity contribution in [1.29, 1.82) is 0 Å². The van der Waals surface area contributed by atoms with Gasteiger partial charge in [-0.3, -0.25) is 0 Å². The van der Waals surface area contributed by atoms with E-state index in [-0.39, 0.29) is 0 Å². The van der Waals surface area contributed by atoms with Gasteiger partial charge < -0.3 is 5.32 Å². The SMILES string of the molecule is CCCNC(Cc1ccn2nccc2n1)C1CC1. The van der Waals surface area contributed by atoms with Crippen LogP contribution >= 0.6 is 0 Å². The maximum Gasteiger partial charge on any atom is 0.155 e. The van der Waals surface area contributed by atoms with Crippen LogP contribution in [0.4, 0.5) is 0 Å². The maximum absolute atomic E-state index is 4.65. The number of aromatic nitrogens is 3. The van der Waals surface area contributed by atoms with Gasteiger partial charge in [0.25, 0.3) is 0 Å². The van der Waals surface area contributed by atoms with Crippen molar-refractivity contribution in [3.05, 3.63) is 30.2 Å². The summed E-state index contributed by atoms with van der Waals surface area (Å²) in [7, 11) is 0. The van der Waals surface area contributed by atoms with Crippen LogP contribution in [0.1, 0.15) is 31.9 Å². The van der Waals surface area contributed by atoms with Gasteiger partial charge >= 0.3 is 0 Å². The number of nitrogens with one attached hydrogen (secondary N) is 1. The molecule has 0 saturated heterocycles. The minimum absolute atomic E-state index is 0.600. The molecule has 1 aliphatic carbocycles. The average Bonchev–Trinajstić information content (AvgIpc) is 3.12. The zero-order chi connectivity index (χ0) is 12.4. The molecule has 3 rings (SSSR count). The van der Waals surface area contributed by atoms with Crippen LogP contribution in [0, 0.1) is 5.92 Å². The van der Waals surface area contributed by atoms with E-state index in [2.05, 4.69) is 28.4 Å². The molecule has 96 valence electrons. The van der Waals surface area contributed by atoms with Crippen molar-refractivity contribution in [3.63, 3.8) is 0 Å². The maximum atomic E-state index is 4.65. The highest BCUT2D eigenvalue weighted by molar-refractivity contribution is 5.36. The van der Waals surface area contributed by atoms with Gasteiger partial charge in [0.1, 0.15) is 0 Å². The lowest BCUT2D eigenvalue weighted by Crippen LogP contribution is -2.34. The minimum atomic E-state index is 0.600. The minimum Gasteiger partial charge on any atom is -0.313 e. The van der Waals surface area contributed by atoms with Crippen LogP contribution in [-0.2, 0) is 6.42 Å². The summed E-state index contributed by atoms with van der Waals surface area (Å²) < 4.78 is 1.81. The first-order valence-electron chi connectivity index (χ1n) is 6.89. The number of fused-ring (bicyclic) bond motifs is 1. The van der Waals surface area contributed by atoms with Gasteiger partial charge in [0.15, 0.2) is 5.65 Å². The third-order valence-electron chi connectivity index (χ3n) is 3.59. The molecule has 1 atom stereocenters. The summed E-state index contributed by atoms with van der Waals surface area (Å²) >= 11 is 0. The van der Waals surface area contributed by atoms with Crippen molar-refractivity contribution in [3.8, 4) is 0 Å². The lowest BCUT2D eigenvalue weighted by Gasteiger charge is -2.17. The highest BCUT2D eigenvalue weighted by Crippen LogP contribution is 2.33. The van der Waals surface area contributed by atoms with Crippen LogP contribution in [0.2, 0.25) is 0 Å². The van der Waals surface area contributed by atoms with E-state index in [9.17, 15) is 0 Å². The Kier molecular flexibility index (Phi) is 3.28. The first-order valence-corrected chi connectivity index (χ1v) is 6.89. The van der Waals surface area contributed by atoms with Crippen LogP contribution in [0.25, 0.3) is 5.65 Å². The summed E-state index contributed by atoms with van der Waals surface area (Å²) in [6, 6.07) is 4.64. The fraction of sp³-hybridized carbons (Fsp3) is 0.571. The summed E-state index contributed by atoms with van der Waals surface area (Å²) in [6.07, 6.45) is 8.76. The first kappa shape index (κ1) is 11.7. The van der Waals surface area contributed by atoms with E-state index >= 15 is 0 Å². The standard InChI is InChI=1S/C14H20N4/c1-2-7-15-13(11-3-4-11)10-12-6-9-18-14(17-12)5-8-16-18/h5-6,8-9,11,13,15H,2-4,7,10H2,1H3. The van der Waals surface area contributed by atoms with Gasteiger partial charge in [-0.05, 0) is 37.8 Å². The van der Waals surface area contributed by atoms with E-state index in [1.807, 2.05) is 16.8 Å². The third-order valence-corrected chi connectivity index (χ3v) is 3.59. The third kappa shape index (κ3) is 2.53. The lowest BCUT2D eigenvalue weighted by atomic mass is 10.1. The van der Waals surface area contributed by atoms with Crippen LogP contribution in [-0.4, -0.2) is 27.2 Å². The molecule has 2 aromatic rings. The Morgan fingerprint density at radius 1 is 1.44 bits per heavy atom. The topological polar surface area (TPSA) is 42.2 Å². The number of nitrogens with zero attached hydrogens (tertiary/aromatic N) is 3. The highest BCUT2D eigenvalue weighted by Gasteiger charge is 2.30. The molecule has 1 unspecified atom stereocenters. The van der Waals surface area contributed by atoms with Gasteiger partial charge in [-0.2, -0.15) is 5.10 Å². The van der Waals surface area contributed by atoms with Crippen LogP contribution in [0.5, 0.6) is 0 Å². The predicted molar refractivity (Wildman–Crippen MR) is 71.5 cm³/mol. The number of hydrogen-bond donors (Lipinski definition) is 1. The summed E-state index contributed by atoms with van der Waals surface area (Å²) in [5.74, 6) is 0.861. The molecule has 0 aliphatic heterocycles. The molecule has 1 N–H and O–H groups in total. The molecule has 0 aromatic carbocycles. The average molecular weight is 244 g/mol. The zero-order valence-corrected chi connectivity index (χ0v) is 10.8. The molecule has 4 nitrogen and oxygen atoms in total. The van der Waals surface area contributed by atoms with E-state index in [1.54, 1.807) is 6.20 Å². The molecule has 1 aliphatic rings. The van der Waals surface area contributed by atoms with Gasteiger partial charge in [0.2, 0.25) is 0 Å². The molecular formula is C14H20N4. The molecular weight excluding hydrogens is 224 g/mol. The Balaban J connectivity index is 1.72. The fourth-order valence-electron chi connectivity index (χ4n) is 2.42. The van der Waals surface area contributed by atoms with Gasteiger partial charge in [-0.25, -0.2) is 9.50 Å². The smallest absolute Gasteiger partial charge is 0.155 e. The Morgan fingerprint density at radius 3 is 3.11 bits per heavy atom. The van der Waals surface area contributed by atoms with E-state index in [4.69, 9.17) is 0 Å². The Morgan fingerprint density at radius 2 is 2.33 bits per heavy atom. The normalized spacial score (nSPS) is 17.2. The summed E-state index contributed by atoms with van der Waals surface area (Å²) in [5, 5.41) is 7.83. The molecule has 1 fully saturated rings. The second kappa shape index (κ2) is 5.06. The molecule has 1 saturated carbocycles. The van der Waals surface area contributed by atoms with Gasteiger partial charge in [0.05, 0.1) is 6.20 Å². The highest BCUT2D eigenvalue weighted by atomic mass is 15.2. The summed E-state index contributed by atoms with van der Waals surface area (Å²) in [6.45, 7) is 3.32. The second-order valence-electron chi connectivity index (χ2n) is 5.16. The second-order valence-corrected chi connectivity index (χ2v) is 5.16. The quantitative estimate of drug-likeness (QED) is 0.845. The fourth-order valence-corrected chi connectivity index (χ4v) is 2.42. The van der Waals surface area contributed by atoms with E-state index in [0.29, 0.717) is 6.04 Å². The summed E-state index contributed by atoms with van der Waals surface area (Å²) in [4.78, 5) is 4.65. The largest absolute Gasteiger partial charge is 0.313 e. The molecule has 0 amide bonds. The van der Waals surface area contributed by atoms with Crippen molar-refractivity contribution in [1.82, 2.24) is 19.9 Å². The summed E-state index contributed by atoms with van der Waals surface area (Å²) in [5.41, 5.74) is 2.11.